The van der Waals surface area contributed by atoms with Crippen LogP contribution in [0, 0.1) is 0 Å². The highest BCUT2D eigenvalue weighted by Crippen LogP contribution is 2.13. The maximum Gasteiger partial charge on any atom is 0.329 e. The number of nitrogens with zero attached hydrogens (tertiary/aromatic N) is 2. The number of thioether (sulfide) groups is 1. The molecule has 1 aromatic heterocycles. The van der Waals surface area contributed by atoms with Crippen molar-refractivity contribution in [1.82, 2.24) is 9.13 Å². The molecule has 0 aliphatic rings. The van der Waals surface area contributed by atoms with Gasteiger partial charge in [-0.2, -0.15) is 11.8 Å². The normalized spacial score (nSPS) is 11.2. The number of hydrogen-bond acceptors (Lipinski definition) is 2. The highest BCUT2D eigenvalue weighted by atomic mass is 32.2. The fourth-order valence-electron chi connectivity index (χ4n) is 2.16. The monoisotopic (exact) mass is 250 g/mol. The number of benzene rings is 1. The molecule has 0 bridgehead atoms. The summed E-state index contributed by atoms with van der Waals surface area (Å²) in [4.78, 5) is 12.2. The van der Waals surface area contributed by atoms with Gasteiger partial charge in [0.25, 0.3) is 0 Å². The summed E-state index contributed by atoms with van der Waals surface area (Å²) in [5.74, 6) is 1.10. The van der Waals surface area contributed by atoms with Crippen molar-refractivity contribution in [2.75, 3.05) is 12.0 Å². The van der Waals surface area contributed by atoms with E-state index in [0.717, 1.165) is 36.3 Å². The quantitative estimate of drug-likeness (QED) is 0.763. The summed E-state index contributed by atoms with van der Waals surface area (Å²) in [7, 11) is 0. The minimum Gasteiger partial charge on any atom is -0.292 e. The first-order valence-corrected chi connectivity index (χ1v) is 7.36. The molecule has 2 aromatic rings. The lowest BCUT2D eigenvalue weighted by atomic mass is 10.3. The molecule has 0 radical (unpaired) electrons. The molecule has 17 heavy (non-hydrogen) atoms. The maximum absolute atomic E-state index is 12.2. The molecular formula is C13H18N2OS. The fourth-order valence-corrected chi connectivity index (χ4v) is 2.58. The van der Waals surface area contributed by atoms with Gasteiger partial charge in [0.1, 0.15) is 0 Å². The summed E-state index contributed by atoms with van der Waals surface area (Å²) in [6.07, 6.45) is 3.14. The van der Waals surface area contributed by atoms with E-state index in [-0.39, 0.29) is 5.69 Å². The maximum atomic E-state index is 12.2. The Kier molecular flexibility index (Phi) is 3.94. The summed E-state index contributed by atoms with van der Waals surface area (Å²) in [6, 6.07) is 8.03. The van der Waals surface area contributed by atoms with Crippen LogP contribution < -0.4 is 5.69 Å². The van der Waals surface area contributed by atoms with Crippen LogP contribution in [-0.2, 0) is 13.1 Å². The molecular weight excluding hydrogens is 232 g/mol. The number of imidazole rings is 1. The van der Waals surface area contributed by atoms with Gasteiger partial charge >= 0.3 is 5.69 Å². The van der Waals surface area contributed by atoms with Crippen molar-refractivity contribution in [2.24, 2.45) is 0 Å². The lowest BCUT2D eigenvalue weighted by Gasteiger charge is -2.01. The molecule has 92 valence electrons. The Labute approximate surface area is 105 Å². The average Bonchev–Trinajstić information content (AvgIpc) is 2.62. The van der Waals surface area contributed by atoms with Crippen molar-refractivity contribution in [1.29, 1.82) is 0 Å². The van der Waals surface area contributed by atoms with Gasteiger partial charge in [0.15, 0.2) is 0 Å². The smallest absolute Gasteiger partial charge is 0.292 e. The number of rotatable bonds is 5. The molecule has 0 spiro atoms. The van der Waals surface area contributed by atoms with Gasteiger partial charge in [0.2, 0.25) is 0 Å². The zero-order valence-electron chi connectivity index (χ0n) is 10.3. The van der Waals surface area contributed by atoms with E-state index >= 15 is 0 Å². The topological polar surface area (TPSA) is 26.9 Å². The molecule has 4 heteroatoms. The van der Waals surface area contributed by atoms with E-state index in [1.54, 1.807) is 0 Å². The first-order valence-electron chi connectivity index (χ1n) is 5.96. The third-order valence-corrected chi connectivity index (χ3v) is 3.67. The predicted molar refractivity (Wildman–Crippen MR) is 74.9 cm³/mol. The van der Waals surface area contributed by atoms with Crippen molar-refractivity contribution in [3.63, 3.8) is 0 Å². The number of fused-ring (bicyclic) bond motifs is 1. The van der Waals surface area contributed by atoms with Gasteiger partial charge in [0.05, 0.1) is 11.0 Å². The van der Waals surface area contributed by atoms with Gasteiger partial charge in [-0.1, -0.05) is 12.1 Å². The van der Waals surface area contributed by atoms with Crippen molar-refractivity contribution in [3.05, 3.63) is 34.7 Å². The van der Waals surface area contributed by atoms with Crippen molar-refractivity contribution in [2.45, 2.75) is 26.4 Å². The largest absolute Gasteiger partial charge is 0.329 e. The van der Waals surface area contributed by atoms with Crippen molar-refractivity contribution in [3.8, 4) is 0 Å². The molecule has 0 saturated heterocycles. The van der Waals surface area contributed by atoms with Crippen LogP contribution in [0.4, 0.5) is 0 Å². The molecule has 0 atom stereocenters. The Balaban J connectivity index is 2.47. The Morgan fingerprint density at radius 2 is 1.82 bits per heavy atom. The number of hydrogen-bond donors (Lipinski definition) is 0. The predicted octanol–water partition coefficient (Wildman–Crippen LogP) is 2.58. The van der Waals surface area contributed by atoms with E-state index in [4.69, 9.17) is 0 Å². The number of aromatic nitrogens is 2. The second-order valence-electron chi connectivity index (χ2n) is 4.01. The van der Waals surface area contributed by atoms with E-state index in [0.29, 0.717) is 0 Å². The minimum atomic E-state index is 0.120. The van der Waals surface area contributed by atoms with E-state index < -0.39 is 0 Å². The van der Waals surface area contributed by atoms with Gasteiger partial charge in [0, 0.05) is 13.1 Å². The lowest BCUT2D eigenvalue weighted by Crippen LogP contribution is -2.24. The molecule has 0 fully saturated rings. The zero-order valence-corrected chi connectivity index (χ0v) is 11.2. The lowest BCUT2D eigenvalue weighted by molar-refractivity contribution is 0.634. The Morgan fingerprint density at radius 3 is 2.41 bits per heavy atom. The standard InChI is InChI=1S/C13H18N2OS/c1-3-14-11-7-4-5-8-12(11)15(13(14)16)9-6-10-17-2/h4-5,7-8H,3,6,9-10H2,1-2H3. The Bertz CT molecular complexity index is 556. The molecule has 1 aromatic carbocycles. The second-order valence-corrected chi connectivity index (χ2v) is 5.00. The van der Waals surface area contributed by atoms with E-state index in [9.17, 15) is 4.79 Å². The number of aryl methyl sites for hydroxylation is 2. The SMILES string of the molecule is CCn1c(=O)n(CCCSC)c2ccccc21. The molecule has 0 unspecified atom stereocenters. The molecule has 0 aliphatic heterocycles. The summed E-state index contributed by atoms with van der Waals surface area (Å²) in [5, 5.41) is 0. The minimum absolute atomic E-state index is 0.120. The molecule has 2 rings (SSSR count). The van der Waals surface area contributed by atoms with Crippen LogP contribution in [0.1, 0.15) is 13.3 Å². The molecule has 0 saturated carbocycles. The number of para-hydroxylation sites is 2. The molecule has 0 aliphatic carbocycles. The van der Waals surface area contributed by atoms with Gasteiger partial charge in [-0.05, 0) is 37.5 Å². The third kappa shape index (κ3) is 2.27. The highest BCUT2D eigenvalue weighted by molar-refractivity contribution is 7.98. The van der Waals surface area contributed by atoms with E-state index in [1.165, 1.54) is 0 Å². The van der Waals surface area contributed by atoms with Gasteiger partial charge in [-0.15, -0.1) is 0 Å². The van der Waals surface area contributed by atoms with Crippen LogP contribution >= 0.6 is 11.8 Å². The summed E-state index contributed by atoms with van der Waals surface area (Å²) >= 11 is 1.82. The van der Waals surface area contributed by atoms with Gasteiger partial charge in [-0.3, -0.25) is 9.13 Å². The Hall–Kier alpha value is -1.16. The summed E-state index contributed by atoms with van der Waals surface area (Å²) in [6.45, 7) is 3.56. The Morgan fingerprint density at radius 1 is 1.18 bits per heavy atom. The molecule has 3 nitrogen and oxygen atoms in total. The summed E-state index contributed by atoms with van der Waals surface area (Å²) in [5.41, 5.74) is 2.22. The summed E-state index contributed by atoms with van der Waals surface area (Å²) < 4.78 is 3.74. The van der Waals surface area contributed by atoms with Crippen LogP contribution in [0.3, 0.4) is 0 Å². The zero-order chi connectivity index (χ0) is 12.3. The molecule has 1 heterocycles. The van der Waals surface area contributed by atoms with Crippen LogP contribution in [-0.4, -0.2) is 21.1 Å². The van der Waals surface area contributed by atoms with E-state index in [2.05, 4.69) is 6.26 Å². The second kappa shape index (κ2) is 5.45. The van der Waals surface area contributed by atoms with Crippen LogP contribution in [0.5, 0.6) is 0 Å². The van der Waals surface area contributed by atoms with Gasteiger partial charge < -0.3 is 0 Å². The van der Waals surface area contributed by atoms with E-state index in [1.807, 2.05) is 52.1 Å². The average molecular weight is 250 g/mol. The first-order chi connectivity index (χ1) is 8.29. The van der Waals surface area contributed by atoms with Crippen molar-refractivity contribution >= 4 is 22.8 Å². The van der Waals surface area contributed by atoms with Crippen LogP contribution in [0.25, 0.3) is 11.0 Å². The highest BCUT2D eigenvalue weighted by Gasteiger charge is 2.10. The molecule has 0 amide bonds. The van der Waals surface area contributed by atoms with Gasteiger partial charge in [-0.25, -0.2) is 4.79 Å². The van der Waals surface area contributed by atoms with Crippen LogP contribution in [0.2, 0.25) is 0 Å². The van der Waals surface area contributed by atoms with Crippen LogP contribution in [0.15, 0.2) is 29.1 Å². The fraction of sp³-hybridized carbons (Fsp3) is 0.462. The third-order valence-electron chi connectivity index (χ3n) is 2.97. The van der Waals surface area contributed by atoms with Crippen molar-refractivity contribution < 1.29 is 0 Å². The first kappa shape index (κ1) is 12.3. The molecule has 0 N–H and O–H groups in total.